The summed E-state index contributed by atoms with van der Waals surface area (Å²) < 4.78 is 0. The van der Waals surface area contributed by atoms with Gasteiger partial charge in [0.05, 0.1) is 10.8 Å². The molecule has 0 saturated carbocycles. The summed E-state index contributed by atoms with van der Waals surface area (Å²) in [6, 6.07) is 6.80. The van der Waals surface area contributed by atoms with Crippen LogP contribution in [0.3, 0.4) is 0 Å². The normalized spacial score (nSPS) is 13.6. The Bertz CT molecular complexity index is 490. The van der Waals surface area contributed by atoms with Gasteiger partial charge in [-0.15, -0.1) is 0 Å². The fourth-order valence-corrected chi connectivity index (χ4v) is 2.03. The van der Waals surface area contributed by atoms with Crippen LogP contribution in [0.15, 0.2) is 24.3 Å². The van der Waals surface area contributed by atoms with E-state index in [0.29, 0.717) is 13.0 Å². The van der Waals surface area contributed by atoms with Gasteiger partial charge in [-0.3, -0.25) is 14.9 Å². The first-order valence-electron chi connectivity index (χ1n) is 7.09. The van der Waals surface area contributed by atoms with Crippen molar-refractivity contribution in [1.29, 1.82) is 0 Å². The number of hydrogen-bond acceptors (Lipinski definition) is 4. The largest absolute Gasteiger partial charge is 0.481 e. The lowest BCUT2D eigenvalue weighted by molar-refractivity contribution is -0.384. The van der Waals surface area contributed by atoms with Crippen molar-refractivity contribution in [2.75, 3.05) is 0 Å². The molecule has 0 aliphatic carbocycles. The van der Waals surface area contributed by atoms with Crippen LogP contribution in [0.2, 0.25) is 0 Å². The zero-order chi connectivity index (χ0) is 15.8. The summed E-state index contributed by atoms with van der Waals surface area (Å²) in [4.78, 5) is 21.0. The van der Waals surface area contributed by atoms with Gasteiger partial charge in [0.25, 0.3) is 5.69 Å². The average molecular weight is 294 g/mol. The Kier molecular flexibility index (Phi) is 6.81. The van der Waals surface area contributed by atoms with Crippen molar-refractivity contribution in [3.05, 3.63) is 39.9 Å². The van der Waals surface area contributed by atoms with Crippen LogP contribution >= 0.6 is 0 Å². The number of aliphatic carboxylic acids is 1. The lowest BCUT2D eigenvalue weighted by Crippen LogP contribution is -2.25. The number of carbonyl (C=O) groups is 1. The molecule has 0 aliphatic rings. The fourth-order valence-electron chi connectivity index (χ4n) is 2.03. The minimum Gasteiger partial charge on any atom is -0.481 e. The molecule has 1 aromatic carbocycles. The number of nitrogens with zero attached hydrogens (tertiary/aromatic N) is 1. The summed E-state index contributed by atoms with van der Waals surface area (Å²) in [5.74, 6) is -1.07. The first kappa shape index (κ1) is 17.1. The highest BCUT2D eigenvalue weighted by Gasteiger charge is 2.11. The topological polar surface area (TPSA) is 92.5 Å². The van der Waals surface area contributed by atoms with Gasteiger partial charge in [0, 0.05) is 24.7 Å². The number of non-ortho nitro benzene ring substituents is 1. The highest BCUT2D eigenvalue weighted by molar-refractivity contribution is 5.69. The third-order valence-electron chi connectivity index (χ3n) is 3.47. The highest BCUT2D eigenvalue weighted by atomic mass is 16.6. The van der Waals surface area contributed by atoms with Gasteiger partial charge in [-0.2, -0.15) is 0 Å². The standard InChI is InChI=1S/C15H22N2O4/c1-11(15(18)19)5-3-6-12(2)16-10-13-7-4-8-14(9-13)17(20)21/h4,7-9,11-12,16H,3,5-6,10H2,1-2H3,(H,18,19). The Hall–Kier alpha value is -1.95. The predicted molar refractivity (Wildman–Crippen MR) is 80.0 cm³/mol. The van der Waals surface area contributed by atoms with E-state index in [9.17, 15) is 14.9 Å². The van der Waals surface area contributed by atoms with Crippen LogP contribution < -0.4 is 5.32 Å². The third-order valence-corrected chi connectivity index (χ3v) is 3.47. The molecule has 0 amide bonds. The zero-order valence-corrected chi connectivity index (χ0v) is 12.4. The molecule has 0 saturated heterocycles. The smallest absolute Gasteiger partial charge is 0.306 e. The molecule has 2 atom stereocenters. The second-order valence-corrected chi connectivity index (χ2v) is 5.38. The molecular formula is C15H22N2O4. The van der Waals surface area contributed by atoms with Gasteiger partial charge in [-0.1, -0.05) is 25.5 Å². The molecule has 6 nitrogen and oxygen atoms in total. The van der Waals surface area contributed by atoms with E-state index >= 15 is 0 Å². The summed E-state index contributed by atoms with van der Waals surface area (Å²) >= 11 is 0. The van der Waals surface area contributed by atoms with Crippen molar-refractivity contribution in [3.63, 3.8) is 0 Å². The molecule has 116 valence electrons. The van der Waals surface area contributed by atoms with Crippen molar-refractivity contribution < 1.29 is 14.8 Å². The molecule has 2 N–H and O–H groups in total. The van der Waals surface area contributed by atoms with E-state index in [4.69, 9.17) is 5.11 Å². The average Bonchev–Trinajstić information content (AvgIpc) is 2.45. The van der Waals surface area contributed by atoms with E-state index in [2.05, 4.69) is 5.32 Å². The summed E-state index contributed by atoms with van der Waals surface area (Å²) in [5, 5.41) is 22.8. The van der Waals surface area contributed by atoms with Crippen LogP contribution in [-0.2, 0) is 11.3 Å². The Morgan fingerprint density at radius 2 is 2.10 bits per heavy atom. The molecular weight excluding hydrogens is 272 g/mol. The summed E-state index contributed by atoms with van der Waals surface area (Å²) in [6.45, 7) is 4.31. The van der Waals surface area contributed by atoms with Crippen molar-refractivity contribution in [2.45, 2.75) is 45.7 Å². The molecule has 0 heterocycles. The number of carboxylic acids is 1. The van der Waals surface area contributed by atoms with Gasteiger partial charge >= 0.3 is 5.97 Å². The third kappa shape index (κ3) is 6.35. The van der Waals surface area contributed by atoms with Gasteiger partial charge in [-0.25, -0.2) is 0 Å². The predicted octanol–water partition coefficient (Wildman–Crippen LogP) is 2.96. The number of nitro benzene ring substituents is 1. The molecule has 0 aliphatic heterocycles. The molecule has 0 fully saturated rings. The Labute approximate surface area is 124 Å². The van der Waals surface area contributed by atoms with Crippen molar-refractivity contribution >= 4 is 11.7 Å². The molecule has 21 heavy (non-hydrogen) atoms. The number of carboxylic acid groups (broad SMARTS) is 1. The quantitative estimate of drug-likeness (QED) is 0.539. The summed E-state index contributed by atoms with van der Waals surface area (Å²) in [7, 11) is 0. The van der Waals surface area contributed by atoms with E-state index in [1.165, 1.54) is 6.07 Å². The van der Waals surface area contributed by atoms with Crippen LogP contribution in [0, 0.1) is 16.0 Å². The van der Waals surface area contributed by atoms with Gasteiger partial charge < -0.3 is 10.4 Å². The van der Waals surface area contributed by atoms with Crippen LogP contribution in [0.4, 0.5) is 5.69 Å². The summed E-state index contributed by atoms with van der Waals surface area (Å²) in [6.07, 6.45) is 2.39. The van der Waals surface area contributed by atoms with E-state index in [1.54, 1.807) is 19.1 Å². The maximum Gasteiger partial charge on any atom is 0.306 e. The molecule has 1 aromatic rings. The van der Waals surface area contributed by atoms with E-state index in [-0.39, 0.29) is 17.6 Å². The molecule has 6 heteroatoms. The second-order valence-electron chi connectivity index (χ2n) is 5.38. The molecule has 0 spiro atoms. The van der Waals surface area contributed by atoms with Gasteiger partial charge in [0.1, 0.15) is 0 Å². The van der Waals surface area contributed by atoms with Gasteiger partial charge in [-0.05, 0) is 25.3 Å². The Balaban J connectivity index is 2.33. The number of nitro groups is 1. The summed E-state index contributed by atoms with van der Waals surface area (Å²) in [5.41, 5.74) is 0.965. The van der Waals surface area contributed by atoms with Gasteiger partial charge in [0.2, 0.25) is 0 Å². The molecule has 1 rings (SSSR count). The highest BCUT2D eigenvalue weighted by Crippen LogP contribution is 2.14. The fraction of sp³-hybridized carbons (Fsp3) is 0.533. The maximum absolute atomic E-state index is 10.7. The number of benzene rings is 1. The Morgan fingerprint density at radius 1 is 1.38 bits per heavy atom. The minimum atomic E-state index is -0.757. The first-order valence-corrected chi connectivity index (χ1v) is 7.09. The van der Waals surface area contributed by atoms with E-state index < -0.39 is 10.9 Å². The van der Waals surface area contributed by atoms with Crippen LogP contribution in [0.5, 0.6) is 0 Å². The maximum atomic E-state index is 10.7. The number of hydrogen-bond donors (Lipinski definition) is 2. The zero-order valence-electron chi connectivity index (χ0n) is 12.4. The molecule has 0 radical (unpaired) electrons. The van der Waals surface area contributed by atoms with Crippen molar-refractivity contribution in [3.8, 4) is 0 Å². The van der Waals surface area contributed by atoms with Gasteiger partial charge in [0.15, 0.2) is 0 Å². The Morgan fingerprint density at radius 3 is 2.71 bits per heavy atom. The first-order chi connectivity index (χ1) is 9.90. The number of rotatable bonds is 9. The van der Waals surface area contributed by atoms with Crippen molar-refractivity contribution in [1.82, 2.24) is 5.32 Å². The van der Waals surface area contributed by atoms with Crippen molar-refractivity contribution in [2.24, 2.45) is 5.92 Å². The lowest BCUT2D eigenvalue weighted by Gasteiger charge is -2.14. The minimum absolute atomic E-state index is 0.0947. The lowest BCUT2D eigenvalue weighted by atomic mass is 10.0. The molecule has 0 aromatic heterocycles. The van der Waals surface area contributed by atoms with Crippen LogP contribution in [-0.4, -0.2) is 22.0 Å². The molecule has 0 bridgehead atoms. The second kappa shape index (κ2) is 8.36. The monoisotopic (exact) mass is 294 g/mol. The van der Waals surface area contributed by atoms with E-state index in [1.807, 2.05) is 13.0 Å². The molecule has 2 unspecified atom stereocenters. The number of nitrogens with one attached hydrogen (secondary N) is 1. The van der Waals surface area contributed by atoms with Crippen LogP contribution in [0.25, 0.3) is 0 Å². The van der Waals surface area contributed by atoms with E-state index in [0.717, 1.165) is 18.4 Å². The SMILES string of the molecule is CC(CCCC(C)C(=O)O)NCc1cccc([N+](=O)[O-])c1. The van der Waals surface area contributed by atoms with Crippen LogP contribution in [0.1, 0.15) is 38.7 Å².